The Morgan fingerprint density at radius 3 is 2.76 bits per heavy atom. The predicted octanol–water partition coefficient (Wildman–Crippen LogP) is 2.37. The van der Waals surface area contributed by atoms with Crippen LogP contribution in [-0.4, -0.2) is 50.3 Å². The fraction of sp³-hybridized carbons (Fsp3) is 0.562. The molecule has 0 aromatic heterocycles. The molecule has 2 aliphatic rings. The molecule has 0 bridgehead atoms. The monoisotopic (exact) mass is 305 g/mol. The molecule has 2 atom stereocenters. The zero-order valence-corrected chi connectivity index (χ0v) is 13.0. The Balaban J connectivity index is 1.79. The number of nitriles is 1. The van der Waals surface area contributed by atoms with Crippen molar-refractivity contribution >= 4 is 17.3 Å². The molecule has 3 rings (SSSR count). The SMILES string of the molecule is CC1CN(c2cc(Cl)ccc2C#N)CC1N1CCOCC1. The van der Waals surface area contributed by atoms with Gasteiger partial charge in [-0.25, -0.2) is 0 Å². The van der Waals surface area contributed by atoms with Gasteiger partial charge in [-0.1, -0.05) is 18.5 Å². The Labute approximate surface area is 130 Å². The number of anilines is 1. The predicted molar refractivity (Wildman–Crippen MR) is 83.7 cm³/mol. The molecule has 112 valence electrons. The van der Waals surface area contributed by atoms with Gasteiger partial charge in [0.15, 0.2) is 0 Å². The average Bonchev–Trinajstić information content (AvgIpc) is 2.90. The summed E-state index contributed by atoms with van der Waals surface area (Å²) in [6.45, 7) is 7.87. The van der Waals surface area contributed by atoms with Crippen LogP contribution in [0.4, 0.5) is 5.69 Å². The fourth-order valence-electron chi connectivity index (χ4n) is 3.39. The van der Waals surface area contributed by atoms with Gasteiger partial charge in [0.2, 0.25) is 0 Å². The number of hydrogen-bond donors (Lipinski definition) is 0. The molecule has 0 saturated carbocycles. The van der Waals surface area contributed by atoms with Crippen molar-refractivity contribution in [2.75, 3.05) is 44.3 Å². The van der Waals surface area contributed by atoms with Gasteiger partial charge in [-0.15, -0.1) is 0 Å². The maximum absolute atomic E-state index is 9.30. The van der Waals surface area contributed by atoms with Crippen LogP contribution in [0.5, 0.6) is 0 Å². The zero-order chi connectivity index (χ0) is 14.8. The molecule has 2 aliphatic heterocycles. The summed E-state index contributed by atoms with van der Waals surface area (Å²) in [7, 11) is 0. The van der Waals surface area contributed by atoms with Crippen molar-refractivity contribution in [3.8, 4) is 6.07 Å². The second-order valence-corrected chi connectivity index (χ2v) is 6.31. The minimum atomic E-state index is 0.527. The molecule has 2 heterocycles. The zero-order valence-electron chi connectivity index (χ0n) is 12.3. The molecule has 0 spiro atoms. The molecule has 0 amide bonds. The highest BCUT2D eigenvalue weighted by molar-refractivity contribution is 6.30. The number of halogens is 1. The van der Waals surface area contributed by atoms with Crippen molar-refractivity contribution in [3.05, 3.63) is 28.8 Å². The minimum Gasteiger partial charge on any atom is -0.379 e. The smallest absolute Gasteiger partial charge is 0.101 e. The highest BCUT2D eigenvalue weighted by Gasteiger charge is 2.35. The molecule has 4 nitrogen and oxygen atoms in total. The van der Waals surface area contributed by atoms with Crippen molar-refractivity contribution in [2.45, 2.75) is 13.0 Å². The topological polar surface area (TPSA) is 39.5 Å². The van der Waals surface area contributed by atoms with Gasteiger partial charge in [0.05, 0.1) is 24.5 Å². The van der Waals surface area contributed by atoms with Crippen LogP contribution >= 0.6 is 11.6 Å². The Hall–Kier alpha value is -1.28. The van der Waals surface area contributed by atoms with E-state index in [1.54, 1.807) is 6.07 Å². The third kappa shape index (κ3) is 3.01. The van der Waals surface area contributed by atoms with Crippen LogP contribution < -0.4 is 4.90 Å². The lowest BCUT2D eigenvalue weighted by Gasteiger charge is -2.34. The normalized spacial score (nSPS) is 26.8. The van der Waals surface area contributed by atoms with E-state index in [0.717, 1.165) is 45.1 Å². The first kappa shape index (κ1) is 14.6. The maximum atomic E-state index is 9.30. The number of rotatable bonds is 2. The Kier molecular flexibility index (Phi) is 4.34. The van der Waals surface area contributed by atoms with Gasteiger partial charge in [-0.2, -0.15) is 5.26 Å². The van der Waals surface area contributed by atoms with Crippen LogP contribution in [0.3, 0.4) is 0 Å². The summed E-state index contributed by atoms with van der Waals surface area (Å²) >= 11 is 6.11. The number of benzene rings is 1. The van der Waals surface area contributed by atoms with E-state index < -0.39 is 0 Å². The van der Waals surface area contributed by atoms with Crippen LogP contribution in [0.25, 0.3) is 0 Å². The molecular formula is C16H20ClN3O. The average molecular weight is 306 g/mol. The van der Waals surface area contributed by atoms with Crippen LogP contribution in [0.2, 0.25) is 5.02 Å². The molecule has 2 fully saturated rings. The quantitative estimate of drug-likeness (QED) is 0.841. The first-order valence-corrected chi connectivity index (χ1v) is 7.83. The van der Waals surface area contributed by atoms with E-state index in [9.17, 15) is 5.26 Å². The first-order valence-electron chi connectivity index (χ1n) is 7.45. The van der Waals surface area contributed by atoms with E-state index in [1.165, 1.54) is 0 Å². The van der Waals surface area contributed by atoms with Crippen LogP contribution in [0, 0.1) is 17.2 Å². The Bertz CT molecular complexity index is 551. The van der Waals surface area contributed by atoms with Gasteiger partial charge in [-0.3, -0.25) is 4.90 Å². The highest BCUT2D eigenvalue weighted by Crippen LogP contribution is 2.31. The third-order valence-corrected chi connectivity index (χ3v) is 4.74. The van der Waals surface area contributed by atoms with Crippen molar-refractivity contribution in [2.24, 2.45) is 5.92 Å². The molecular weight excluding hydrogens is 286 g/mol. The van der Waals surface area contributed by atoms with E-state index in [4.69, 9.17) is 16.3 Å². The van der Waals surface area contributed by atoms with Crippen molar-refractivity contribution in [1.29, 1.82) is 5.26 Å². The second kappa shape index (κ2) is 6.23. The van der Waals surface area contributed by atoms with Crippen LogP contribution in [-0.2, 0) is 4.74 Å². The van der Waals surface area contributed by atoms with E-state index in [2.05, 4.69) is 22.8 Å². The molecule has 0 N–H and O–H groups in total. The molecule has 0 aliphatic carbocycles. The number of nitrogens with zero attached hydrogens (tertiary/aromatic N) is 3. The lowest BCUT2D eigenvalue weighted by molar-refractivity contribution is 0.0134. The summed E-state index contributed by atoms with van der Waals surface area (Å²) < 4.78 is 5.44. The lowest BCUT2D eigenvalue weighted by Crippen LogP contribution is -2.46. The molecule has 2 unspecified atom stereocenters. The second-order valence-electron chi connectivity index (χ2n) is 5.87. The molecule has 21 heavy (non-hydrogen) atoms. The number of hydrogen-bond acceptors (Lipinski definition) is 4. The Morgan fingerprint density at radius 1 is 1.29 bits per heavy atom. The lowest BCUT2D eigenvalue weighted by atomic mass is 10.0. The maximum Gasteiger partial charge on any atom is 0.101 e. The van der Waals surface area contributed by atoms with Crippen LogP contribution in [0.15, 0.2) is 18.2 Å². The van der Waals surface area contributed by atoms with Crippen molar-refractivity contribution in [3.63, 3.8) is 0 Å². The largest absolute Gasteiger partial charge is 0.379 e. The van der Waals surface area contributed by atoms with Gasteiger partial charge in [0, 0.05) is 37.2 Å². The highest BCUT2D eigenvalue weighted by atomic mass is 35.5. The van der Waals surface area contributed by atoms with Gasteiger partial charge >= 0.3 is 0 Å². The van der Waals surface area contributed by atoms with E-state index >= 15 is 0 Å². The standard InChI is InChI=1S/C16H20ClN3O/c1-12-10-20(11-16(12)19-4-6-21-7-5-19)15-8-14(17)3-2-13(15)9-18/h2-3,8,12,16H,4-7,10-11H2,1H3. The summed E-state index contributed by atoms with van der Waals surface area (Å²) in [5.74, 6) is 0.577. The Morgan fingerprint density at radius 2 is 2.05 bits per heavy atom. The number of morpholine rings is 1. The molecule has 1 aromatic rings. The number of ether oxygens (including phenoxy) is 1. The van der Waals surface area contributed by atoms with Crippen LogP contribution in [0.1, 0.15) is 12.5 Å². The van der Waals surface area contributed by atoms with Gasteiger partial charge < -0.3 is 9.64 Å². The van der Waals surface area contributed by atoms with Gasteiger partial charge in [0.1, 0.15) is 6.07 Å². The van der Waals surface area contributed by atoms with E-state index in [1.807, 2.05) is 12.1 Å². The summed E-state index contributed by atoms with van der Waals surface area (Å²) in [6, 6.07) is 8.30. The summed E-state index contributed by atoms with van der Waals surface area (Å²) in [5, 5.41) is 9.99. The molecule has 0 radical (unpaired) electrons. The minimum absolute atomic E-state index is 0.527. The van der Waals surface area contributed by atoms with E-state index in [0.29, 0.717) is 22.5 Å². The fourth-order valence-corrected chi connectivity index (χ4v) is 3.56. The van der Waals surface area contributed by atoms with Crippen molar-refractivity contribution in [1.82, 2.24) is 4.90 Å². The van der Waals surface area contributed by atoms with Crippen molar-refractivity contribution < 1.29 is 4.74 Å². The summed E-state index contributed by atoms with van der Waals surface area (Å²) in [6.07, 6.45) is 0. The molecule has 2 saturated heterocycles. The van der Waals surface area contributed by atoms with Gasteiger partial charge in [-0.05, 0) is 24.1 Å². The van der Waals surface area contributed by atoms with Gasteiger partial charge in [0.25, 0.3) is 0 Å². The summed E-state index contributed by atoms with van der Waals surface area (Å²) in [5.41, 5.74) is 1.67. The molecule has 5 heteroatoms. The third-order valence-electron chi connectivity index (χ3n) is 4.51. The summed E-state index contributed by atoms with van der Waals surface area (Å²) in [4.78, 5) is 4.82. The van der Waals surface area contributed by atoms with E-state index in [-0.39, 0.29) is 0 Å². The molecule has 1 aromatic carbocycles. The first-order chi connectivity index (χ1) is 10.2.